The quantitative estimate of drug-likeness (QED) is 0.385. The van der Waals surface area contributed by atoms with Gasteiger partial charge in [0.15, 0.2) is 17.3 Å². The predicted molar refractivity (Wildman–Crippen MR) is 179 cm³/mol. The fraction of sp³-hybridized carbons (Fsp3) is 0.600. The van der Waals surface area contributed by atoms with Gasteiger partial charge in [0.05, 0.1) is 42.5 Å². The number of aromatic nitrogens is 1. The molecule has 1 aromatic heterocycles. The van der Waals surface area contributed by atoms with Gasteiger partial charge in [0, 0.05) is 24.3 Å². The number of ether oxygens (including phenoxy) is 3. The maximum Gasteiger partial charge on any atom is 0.240 e. The summed E-state index contributed by atoms with van der Waals surface area (Å²) in [5, 5.41) is -0.138. The van der Waals surface area contributed by atoms with E-state index in [1.807, 2.05) is 26.0 Å². The van der Waals surface area contributed by atoms with Crippen molar-refractivity contribution in [2.24, 2.45) is 17.1 Å². The summed E-state index contributed by atoms with van der Waals surface area (Å²) in [6, 6.07) is 2.58. The number of halogens is 1. The summed E-state index contributed by atoms with van der Waals surface area (Å²) < 4.78 is 60.1. The Morgan fingerprint density at radius 1 is 1.16 bits per heavy atom. The first kappa shape index (κ1) is 35.1. The number of sulfonamides is 1. The molecule has 12 nitrogen and oxygen atoms in total. The Balaban J connectivity index is 1.31. The lowest BCUT2D eigenvalue weighted by molar-refractivity contribution is -0.140. The Morgan fingerprint density at radius 2 is 1.94 bits per heavy atom. The fourth-order valence-corrected chi connectivity index (χ4v) is 8.43. The lowest BCUT2D eigenvalue weighted by Gasteiger charge is -2.27. The van der Waals surface area contributed by atoms with Gasteiger partial charge in [-0.05, 0) is 70.4 Å². The van der Waals surface area contributed by atoms with Gasteiger partial charge in [0.1, 0.15) is 17.4 Å². The van der Waals surface area contributed by atoms with Gasteiger partial charge in [-0.3, -0.25) is 19.1 Å². The van der Waals surface area contributed by atoms with Gasteiger partial charge in [0.2, 0.25) is 27.7 Å². The minimum absolute atomic E-state index is 0.0457. The molecule has 0 spiro atoms. The van der Waals surface area contributed by atoms with E-state index < -0.39 is 50.6 Å². The van der Waals surface area contributed by atoms with Crippen LogP contribution in [0.25, 0.3) is 10.9 Å². The number of allylic oxidation sites excluding steroid dienone is 2. The summed E-state index contributed by atoms with van der Waals surface area (Å²) >= 11 is 0. The van der Waals surface area contributed by atoms with Crippen LogP contribution in [0.4, 0.5) is 4.39 Å². The van der Waals surface area contributed by atoms with Gasteiger partial charge in [0.25, 0.3) is 0 Å². The molecule has 2 aliphatic heterocycles. The minimum atomic E-state index is -3.83. The zero-order valence-corrected chi connectivity index (χ0v) is 29.0. The molecule has 2 saturated carbocycles. The number of rotatable bonds is 8. The van der Waals surface area contributed by atoms with Crippen molar-refractivity contribution in [1.82, 2.24) is 14.6 Å². The highest BCUT2D eigenvalue weighted by atomic mass is 32.2. The van der Waals surface area contributed by atoms with E-state index >= 15 is 0 Å². The number of hydrogen-bond donors (Lipinski definition) is 2. The van der Waals surface area contributed by atoms with Gasteiger partial charge < -0.3 is 24.8 Å². The number of benzene rings is 1. The van der Waals surface area contributed by atoms with Crippen LogP contribution in [0.1, 0.15) is 78.1 Å². The molecule has 5 atom stereocenters. The first-order valence-electron chi connectivity index (χ1n) is 17.1. The molecule has 1 aromatic carbocycles. The molecule has 3 fully saturated rings. The lowest BCUT2D eigenvalue weighted by Crippen LogP contribution is -2.49. The summed E-state index contributed by atoms with van der Waals surface area (Å²) in [6.45, 7) is 3.70. The van der Waals surface area contributed by atoms with Crippen molar-refractivity contribution in [2.45, 2.75) is 108 Å². The maximum atomic E-state index is 14.7. The normalized spacial score (nSPS) is 28.7. The Hall–Kier alpha value is -3.78. The Labute approximate surface area is 286 Å². The summed E-state index contributed by atoms with van der Waals surface area (Å²) in [7, 11) is -2.49. The van der Waals surface area contributed by atoms with Crippen molar-refractivity contribution >= 4 is 38.5 Å². The number of methoxy groups -OCH3 is 1. The number of pyridine rings is 1. The van der Waals surface area contributed by atoms with Crippen LogP contribution >= 0.6 is 0 Å². The van der Waals surface area contributed by atoms with Crippen LogP contribution < -0.4 is 24.7 Å². The van der Waals surface area contributed by atoms with Crippen molar-refractivity contribution in [3.05, 3.63) is 36.2 Å². The molecule has 2 aromatic rings. The van der Waals surface area contributed by atoms with Gasteiger partial charge >= 0.3 is 0 Å². The average Bonchev–Trinajstić information content (AvgIpc) is 3.96. The number of nitrogens with zero attached hydrogens (tertiary/aromatic N) is 2. The number of fused-ring (bicyclic) bond motifs is 3. The predicted octanol–water partition coefficient (Wildman–Crippen LogP) is 3.94. The zero-order valence-electron chi connectivity index (χ0n) is 28.2. The highest BCUT2D eigenvalue weighted by Gasteiger charge is 2.61. The first-order chi connectivity index (χ1) is 23.3. The monoisotopic (exact) mass is 700 g/mol. The molecule has 3 heterocycles. The molecular formula is C35H45FN4O8S. The second-order valence-corrected chi connectivity index (χ2v) is 16.0. The number of carbonyl (C=O) groups excluding carboxylic acids is 3. The van der Waals surface area contributed by atoms with Crippen molar-refractivity contribution in [3.8, 4) is 17.4 Å². The van der Waals surface area contributed by atoms with Crippen molar-refractivity contribution < 1.29 is 41.4 Å². The largest absolute Gasteiger partial charge is 0.491 e. The summed E-state index contributed by atoms with van der Waals surface area (Å²) in [4.78, 5) is 47.6. The number of nitrogens with one attached hydrogen (secondary N) is 1. The lowest BCUT2D eigenvalue weighted by atomic mass is 9.91. The Bertz CT molecular complexity index is 1760. The number of amides is 2. The van der Waals surface area contributed by atoms with Crippen LogP contribution in [0.15, 0.2) is 30.4 Å². The molecule has 266 valence electrons. The summed E-state index contributed by atoms with van der Waals surface area (Å²) in [5.74, 6) is -1.90. The van der Waals surface area contributed by atoms with E-state index in [9.17, 15) is 27.2 Å². The van der Waals surface area contributed by atoms with E-state index in [1.54, 1.807) is 6.07 Å². The highest BCUT2D eigenvalue weighted by Crippen LogP contribution is 2.57. The molecule has 2 amide bonds. The van der Waals surface area contributed by atoms with Gasteiger partial charge in [-0.1, -0.05) is 25.0 Å². The van der Waals surface area contributed by atoms with E-state index in [0.717, 1.165) is 25.7 Å². The zero-order chi connectivity index (χ0) is 35.1. The molecule has 0 unspecified atom stereocenters. The van der Waals surface area contributed by atoms with Crippen LogP contribution in [0, 0.1) is 17.2 Å². The van der Waals surface area contributed by atoms with Gasteiger partial charge in [-0.15, -0.1) is 0 Å². The van der Waals surface area contributed by atoms with Crippen LogP contribution in [0.2, 0.25) is 0 Å². The molecule has 4 aliphatic rings. The fourth-order valence-electron chi connectivity index (χ4n) is 7.05. The number of Topliss-reactive ketones (excluding diaryl/α,β-unsaturated/α-hetero) is 1. The van der Waals surface area contributed by atoms with Crippen molar-refractivity contribution in [1.29, 1.82) is 0 Å². The Morgan fingerprint density at radius 3 is 2.65 bits per heavy atom. The SMILES string of the molecule is COc1c(F)ccc2c(O[C@@H]3C[C@H]4C(=O)C[C@]5(C(=O)NS(=O)(=O)C6CC6)C[C@H]5/C=C\CCCCC[C@H](N)C(=O)N4C3)cc(OC(C)C)nc12. The second kappa shape index (κ2) is 13.9. The molecule has 3 N–H and O–H groups in total. The second-order valence-electron chi connectivity index (χ2n) is 14.0. The standard InChI is InChI=1S/C35H45FN4O8S/c1-20(2)47-30-16-29(24-13-14-25(36)32(46-3)31(24)38-30)48-22-15-27-28(41)18-35(34(43)39-49(44,45)23-11-12-23)17-21(35)9-7-5-4-6-8-10-26(37)33(42)40(27)19-22/h7,9,13-14,16,20-23,26-27H,4-6,8,10-12,15,17-19,37H2,1-3H3,(H,39,43)/b9-7-/t21-,22-,26+,27+,35-/m1/s1. The summed E-state index contributed by atoms with van der Waals surface area (Å²) in [6.07, 6.45) is 7.90. The topological polar surface area (TPSA) is 167 Å². The van der Waals surface area contributed by atoms with Crippen molar-refractivity contribution in [3.63, 3.8) is 0 Å². The molecule has 14 heteroatoms. The molecule has 2 aliphatic carbocycles. The van der Waals surface area contributed by atoms with Gasteiger partial charge in [-0.2, -0.15) is 0 Å². The minimum Gasteiger partial charge on any atom is -0.491 e. The van der Waals surface area contributed by atoms with E-state index in [2.05, 4.69) is 9.71 Å². The van der Waals surface area contributed by atoms with Crippen LogP contribution in [0.3, 0.4) is 0 Å². The third-order valence-corrected chi connectivity index (χ3v) is 11.8. The number of hydrogen-bond acceptors (Lipinski definition) is 10. The molecule has 6 rings (SSSR count). The maximum absolute atomic E-state index is 14.7. The number of ketones is 1. The van der Waals surface area contributed by atoms with Crippen LogP contribution in [-0.4, -0.2) is 79.1 Å². The molecule has 49 heavy (non-hydrogen) atoms. The molecule has 0 radical (unpaired) electrons. The van der Waals surface area contributed by atoms with Crippen molar-refractivity contribution in [2.75, 3.05) is 13.7 Å². The van der Waals surface area contributed by atoms with Crippen LogP contribution in [-0.2, 0) is 24.4 Å². The van der Waals surface area contributed by atoms with Crippen LogP contribution in [0.5, 0.6) is 17.4 Å². The molecule has 0 bridgehead atoms. The Kier molecular flexibility index (Phi) is 9.91. The third kappa shape index (κ3) is 7.40. The van der Waals surface area contributed by atoms with E-state index in [1.165, 1.54) is 24.1 Å². The van der Waals surface area contributed by atoms with Gasteiger partial charge in [-0.25, -0.2) is 17.8 Å². The third-order valence-electron chi connectivity index (χ3n) is 9.94. The number of carbonyl (C=O) groups is 3. The molecule has 1 saturated heterocycles. The van der Waals surface area contributed by atoms with E-state index in [0.29, 0.717) is 36.8 Å². The first-order valence-corrected chi connectivity index (χ1v) is 18.7. The van der Waals surface area contributed by atoms with E-state index in [-0.39, 0.29) is 60.2 Å². The highest BCUT2D eigenvalue weighted by molar-refractivity contribution is 7.90. The number of nitrogens with two attached hydrogens (primary N) is 1. The molecular weight excluding hydrogens is 655 g/mol. The smallest absolute Gasteiger partial charge is 0.240 e. The van der Waals surface area contributed by atoms with E-state index in [4.69, 9.17) is 19.9 Å². The summed E-state index contributed by atoms with van der Waals surface area (Å²) in [5.41, 5.74) is 5.36. The average molecular weight is 701 g/mol.